The fourth-order valence-corrected chi connectivity index (χ4v) is 1.74. The second-order valence-electron chi connectivity index (χ2n) is 3.66. The van der Waals surface area contributed by atoms with Crippen LogP contribution >= 0.6 is 15.9 Å². The van der Waals surface area contributed by atoms with E-state index in [0.29, 0.717) is 4.47 Å². The number of hydrazone groups is 1. The molecule has 2 aromatic carbocycles. The van der Waals surface area contributed by atoms with Crippen LogP contribution in [0.15, 0.2) is 46.0 Å². The fraction of sp³-hybridized carbons (Fsp3) is 0. The Hall–Kier alpha value is -1.82. The first-order valence-corrected chi connectivity index (χ1v) is 6.05. The van der Waals surface area contributed by atoms with Crippen LogP contribution in [-0.2, 0) is 0 Å². The van der Waals surface area contributed by atoms with Crippen molar-refractivity contribution < 1.29 is 13.2 Å². The number of hydrogen-bond acceptors (Lipinski definition) is 2. The predicted molar refractivity (Wildman–Crippen MR) is 71.7 cm³/mol. The van der Waals surface area contributed by atoms with Crippen molar-refractivity contribution in [2.24, 2.45) is 5.10 Å². The maximum absolute atomic E-state index is 13.4. The highest BCUT2D eigenvalue weighted by Gasteiger charge is 2.02. The summed E-state index contributed by atoms with van der Waals surface area (Å²) in [5.74, 6) is -1.90. The molecule has 0 aromatic heterocycles. The lowest BCUT2D eigenvalue weighted by atomic mass is 10.2. The molecule has 0 amide bonds. The van der Waals surface area contributed by atoms with Gasteiger partial charge in [0.15, 0.2) is 5.82 Å². The third-order valence-electron chi connectivity index (χ3n) is 2.28. The van der Waals surface area contributed by atoms with E-state index < -0.39 is 17.5 Å². The molecule has 2 nitrogen and oxygen atoms in total. The molecular formula is C13H8BrF3N2. The zero-order chi connectivity index (χ0) is 13.8. The second kappa shape index (κ2) is 5.88. The van der Waals surface area contributed by atoms with E-state index in [4.69, 9.17) is 0 Å². The van der Waals surface area contributed by atoms with E-state index in [9.17, 15) is 13.2 Å². The van der Waals surface area contributed by atoms with E-state index in [1.807, 2.05) is 0 Å². The van der Waals surface area contributed by atoms with Gasteiger partial charge >= 0.3 is 0 Å². The first-order chi connectivity index (χ1) is 9.06. The van der Waals surface area contributed by atoms with Crippen molar-refractivity contribution in [3.8, 4) is 0 Å². The summed E-state index contributed by atoms with van der Waals surface area (Å²) in [4.78, 5) is 0. The monoisotopic (exact) mass is 328 g/mol. The lowest BCUT2D eigenvalue weighted by molar-refractivity contribution is 0.585. The zero-order valence-corrected chi connectivity index (χ0v) is 11.1. The van der Waals surface area contributed by atoms with Crippen LogP contribution in [0.2, 0.25) is 0 Å². The molecule has 0 aliphatic carbocycles. The number of nitrogens with one attached hydrogen (secondary N) is 1. The van der Waals surface area contributed by atoms with Crippen molar-refractivity contribution in [3.05, 3.63) is 63.9 Å². The molecule has 0 radical (unpaired) electrons. The summed E-state index contributed by atoms with van der Waals surface area (Å²) in [6.07, 6.45) is 1.21. The van der Waals surface area contributed by atoms with E-state index in [0.717, 1.165) is 12.1 Å². The molecule has 0 heterocycles. The van der Waals surface area contributed by atoms with E-state index in [1.165, 1.54) is 24.4 Å². The first-order valence-electron chi connectivity index (χ1n) is 5.25. The first kappa shape index (κ1) is 13.6. The third-order valence-corrected chi connectivity index (χ3v) is 2.77. The maximum atomic E-state index is 13.4. The fourth-order valence-electron chi connectivity index (χ4n) is 1.37. The van der Waals surface area contributed by atoms with Gasteiger partial charge in [-0.2, -0.15) is 5.10 Å². The summed E-state index contributed by atoms with van der Waals surface area (Å²) in [6, 6.07) is 7.41. The molecule has 0 spiro atoms. The Labute approximate surface area is 116 Å². The Balaban J connectivity index is 2.13. The molecule has 0 saturated heterocycles. The Morgan fingerprint density at radius 2 is 1.79 bits per heavy atom. The zero-order valence-electron chi connectivity index (χ0n) is 9.50. The summed E-state index contributed by atoms with van der Waals surface area (Å²) >= 11 is 3.20. The highest BCUT2D eigenvalue weighted by atomic mass is 79.9. The summed E-state index contributed by atoms with van der Waals surface area (Å²) < 4.78 is 40.0. The number of anilines is 1. The summed E-state index contributed by atoms with van der Waals surface area (Å²) in [7, 11) is 0. The van der Waals surface area contributed by atoms with Gasteiger partial charge in [0.25, 0.3) is 0 Å². The minimum Gasteiger partial charge on any atom is -0.276 e. The molecule has 98 valence electrons. The van der Waals surface area contributed by atoms with E-state index >= 15 is 0 Å². The largest absolute Gasteiger partial charge is 0.276 e. The number of nitrogens with zero attached hydrogens (tertiary/aromatic N) is 1. The summed E-state index contributed by atoms with van der Waals surface area (Å²) in [5.41, 5.74) is 2.63. The van der Waals surface area contributed by atoms with E-state index in [2.05, 4.69) is 26.5 Å². The van der Waals surface area contributed by atoms with Gasteiger partial charge in [0.1, 0.15) is 11.6 Å². The second-order valence-corrected chi connectivity index (χ2v) is 4.58. The van der Waals surface area contributed by atoms with Gasteiger partial charge in [-0.25, -0.2) is 13.2 Å². The van der Waals surface area contributed by atoms with Crippen molar-refractivity contribution in [2.75, 3.05) is 5.43 Å². The molecule has 1 N–H and O–H groups in total. The lowest BCUT2D eigenvalue weighted by Crippen LogP contribution is -1.96. The van der Waals surface area contributed by atoms with Crippen LogP contribution in [-0.4, -0.2) is 6.21 Å². The highest BCUT2D eigenvalue weighted by molar-refractivity contribution is 9.10. The van der Waals surface area contributed by atoms with Crippen LogP contribution < -0.4 is 5.43 Å². The summed E-state index contributed by atoms with van der Waals surface area (Å²) in [6.45, 7) is 0. The predicted octanol–water partition coefficient (Wildman–Crippen LogP) is 4.31. The molecule has 0 unspecified atom stereocenters. The molecule has 0 saturated carbocycles. The van der Waals surface area contributed by atoms with Crippen LogP contribution in [0.5, 0.6) is 0 Å². The molecule has 19 heavy (non-hydrogen) atoms. The van der Waals surface area contributed by atoms with Gasteiger partial charge in [0.05, 0.1) is 11.9 Å². The van der Waals surface area contributed by atoms with Gasteiger partial charge in [-0.15, -0.1) is 0 Å². The van der Waals surface area contributed by atoms with Crippen LogP contribution in [0.1, 0.15) is 5.56 Å². The van der Waals surface area contributed by atoms with Gasteiger partial charge in [0.2, 0.25) is 0 Å². The Morgan fingerprint density at radius 3 is 2.53 bits per heavy atom. The van der Waals surface area contributed by atoms with Crippen LogP contribution in [0.3, 0.4) is 0 Å². The Kier molecular flexibility index (Phi) is 4.21. The van der Waals surface area contributed by atoms with Crippen molar-refractivity contribution in [3.63, 3.8) is 0 Å². The van der Waals surface area contributed by atoms with Gasteiger partial charge in [-0.05, 0) is 30.3 Å². The van der Waals surface area contributed by atoms with Gasteiger partial charge in [0, 0.05) is 16.1 Å². The van der Waals surface area contributed by atoms with E-state index in [1.54, 1.807) is 6.07 Å². The minimum absolute atomic E-state index is 0.00746. The Bertz CT molecular complexity index is 629. The van der Waals surface area contributed by atoms with Crippen LogP contribution in [0, 0.1) is 17.5 Å². The standard InChI is InChI=1S/C13H8BrF3N2/c14-9-1-3-11(16)8(5-9)7-18-19-13-4-2-10(15)6-12(13)17/h1-7,19H/b18-7+. The molecule has 0 aliphatic rings. The Morgan fingerprint density at radius 1 is 1.00 bits per heavy atom. The molecule has 2 aromatic rings. The van der Waals surface area contributed by atoms with Crippen molar-refractivity contribution in [2.45, 2.75) is 0 Å². The topological polar surface area (TPSA) is 24.4 Å². The molecule has 6 heteroatoms. The average molecular weight is 329 g/mol. The SMILES string of the molecule is Fc1ccc(N/N=C/c2cc(Br)ccc2F)c(F)c1. The third kappa shape index (κ3) is 3.57. The number of hydrogen-bond donors (Lipinski definition) is 1. The molecule has 0 aliphatic heterocycles. The van der Waals surface area contributed by atoms with Gasteiger partial charge in [-0.1, -0.05) is 15.9 Å². The van der Waals surface area contributed by atoms with Crippen molar-refractivity contribution >= 4 is 27.8 Å². The molecular weight excluding hydrogens is 321 g/mol. The number of benzene rings is 2. The van der Waals surface area contributed by atoms with Gasteiger partial charge in [-0.3, -0.25) is 5.43 Å². The highest BCUT2D eigenvalue weighted by Crippen LogP contribution is 2.16. The van der Waals surface area contributed by atoms with Crippen molar-refractivity contribution in [1.29, 1.82) is 0 Å². The smallest absolute Gasteiger partial charge is 0.151 e. The lowest BCUT2D eigenvalue weighted by Gasteiger charge is -2.02. The molecule has 0 bridgehead atoms. The van der Waals surface area contributed by atoms with Crippen LogP contribution in [0.25, 0.3) is 0 Å². The maximum Gasteiger partial charge on any atom is 0.151 e. The molecule has 2 rings (SSSR count). The summed E-state index contributed by atoms with van der Waals surface area (Å²) in [5, 5.41) is 3.71. The minimum atomic E-state index is -0.771. The van der Waals surface area contributed by atoms with Crippen LogP contribution in [0.4, 0.5) is 18.9 Å². The quantitative estimate of drug-likeness (QED) is 0.658. The molecule has 0 fully saturated rings. The number of halogens is 4. The van der Waals surface area contributed by atoms with E-state index in [-0.39, 0.29) is 11.3 Å². The number of rotatable bonds is 3. The van der Waals surface area contributed by atoms with Gasteiger partial charge < -0.3 is 0 Å². The molecule has 0 atom stereocenters. The van der Waals surface area contributed by atoms with Crippen molar-refractivity contribution in [1.82, 2.24) is 0 Å². The normalized spacial score (nSPS) is 10.9. The average Bonchev–Trinajstić information content (AvgIpc) is 2.36.